The van der Waals surface area contributed by atoms with Crippen LogP contribution in [0.2, 0.25) is 0 Å². The number of carbonyl (C=O) groups is 2. The normalized spacial score (nSPS) is 12.7. The van der Waals surface area contributed by atoms with Gasteiger partial charge >= 0.3 is 17.6 Å². The summed E-state index contributed by atoms with van der Waals surface area (Å²) >= 11 is 0. The molecule has 18 heteroatoms. The van der Waals surface area contributed by atoms with Crippen LogP contribution in [0.15, 0.2) is 82.1 Å². The Bertz CT molecular complexity index is 2270. The number of alkyl carbamates (subject to hydrolysis) is 1. The first-order chi connectivity index (χ1) is 24.9. The zero-order valence-electron chi connectivity index (χ0n) is 29.4. The standard InChI is InChI=1S/C35H39F3N4O9S2/c1-6-41(7-2)24-13-15-26-29(21-24)51-30-22-25(42(8-3)18-20-50-34(44)39-17-19-49-33(43)23(4)5)14-16-27(30)32(26)28-11-9-10-12-31(28)52(45,46)40-53(47,48)35(36,37)38/h9-16,21-22H,4,6-8,17-20H2,1-3,5H3,(H,39,44). The van der Waals surface area contributed by atoms with Crippen molar-refractivity contribution in [2.75, 3.05) is 50.8 Å². The quantitative estimate of drug-likeness (QED) is 0.0528. The van der Waals surface area contributed by atoms with E-state index in [0.29, 0.717) is 41.5 Å². The van der Waals surface area contributed by atoms with Gasteiger partial charge in [0, 0.05) is 58.6 Å². The van der Waals surface area contributed by atoms with Gasteiger partial charge in [-0.1, -0.05) is 24.8 Å². The van der Waals surface area contributed by atoms with Gasteiger partial charge in [0.05, 0.1) is 17.5 Å². The zero-order valence-corrected chi connectivity index (χ0v) is 31.0. The van der Waals surface area contributed by atoms with Gasteiger partial charge in [-0.2, -0.15) is 13.2 Å². The molecule has 1 N–H and O–H groups in total. The van der Waals surface area contributed by atoms with E-state index in [1.54, 1.807) is 36.4 Å². The van der Waals surface area contributed by atoms with Crippen molar-refractivity contribution < 1.29 is 53.5 Å². The summed E-state index contributed by atoms with van der Waals surface area (Å²) in [5, 5.41) is 3.53. The van der Waals surface area contributed by atoms with Crippen molar-refractivity contribution in [2.45, 2.75) is 38.1 Å². The number of fused-ring (bicyclic) bond motifs is 2. The monoisotopic (exact) mass is 780 g/mol. The van der Waals surface area contributed by atoms with E-state index in [2.05, 4.69) is 20.9 Å². The lowest BCUT2D eigenvalue weighted by molar-refractivity contribution is -0.138. The summed E-state index contributed by atoms with van der Waals surface area (Å²) in [5.74, 6) is -0.304. The van der Waals surface area contributed by atoms with E-state index in [9.17, 15) is 39.6 Å². The molecule has 0 aromatic heterocycles. The van der Waals surface area contributed by atoms with E-state index in [1.807, 2.05) is 25.3 Å². The second-order valence-electron chi connectivity index (χ2n) is 11.5. The largest absolute Gasteiger partial charge is 0.480 e. The van der Waals surface area contributed by atoms with Crippen LogP contribution in [0.4, 0.5) is 23.7 Å². The van der Waals surface area contributed by atoms with Crippen LogP contribution in [0.1, 0.15) is 27.7 Å². The molecule has 0 saturated heterocycles. The molecule has 2 aromatic rings. The Morgan fingerprint density at radius 1 is 0.943 bits per heavy atom. The van der Waals surface area contributed by atoms with Crippen LogP contribution >= 0.6 is 0 Å². The molecule has 0 spiro atoms. The van der Waals surface area contributed by atoms with E-state index in [4.69, 9.17) is 13.9 Å². The van der Waals surface area contributed by atoms with Crippen LogP contribution in [0.5, 0.6) is 0 Å². The van der Waals surface area contributed by atoms with Crippen molar-refractivity contribution in [2.24, 2.45) is 0 Å². The summed E-state index contributed by atoms with van der Waals surface area (Å²) in [6, 6.07) is 15.4. The third kappa shape index (κ3) is 9.54. The molecule has 0 atom stereocenters. The van der Waals surface area contributed by atoms with Crippen LogP contribution in [0.3, 0.4) is 0 Å². The SMILES string of the molecule is C=C(C)C(=O)OCCNC(=O)OCC[N+](CC)=c1ccc2c(-c3ccccc3S(=O)(=O)[N-]S(=O)(=O)C(F)(F)F)c3ccc(N(CC)CC)cc3oc-2c1. The Hall–Kier alpha value is -4.94. The lowest BCUT2D eigenvalue weighted by atomic mass is 9.93. The van der Waals surface area contributed by atoms with Gasteiger partial charge in [0.25, 0.3) is 0 Å². The number of alkyl halides is 3. The Labute approximate surface area is 305 Å². The van der Waals surface area contributed by atoms with Crippen LogP contribution < -0.4 is 20.1 Å². The van der Waals surface area contributed by atoms with Crippen molar-refractivity contribution in [3.05, 3.63) is 82.3 Å². The summed E-state index contributed by atoms with van der Waals surface area (Å²) in [6.45, 7) is 12.8. The number of amides is 1. The Morgan fingerprint density at radius 2 is 1.64 bits per heavy atom. The van der Waals surface area contributed by atoms with Crippen molar-refractivity contribution in [1.29, 1.82) is 0 Å². The molecule has 53 heavy (non-hydrogen) atoms. The summed E-state index contributed by atoms with van der Waals surface area (Å²) in [6.07, 6.45) is -0.718. The lowest BCUT2D eigenvalue weighted by Gasteiger charge is -2.25. The second kappa shape index (κ2) is 16.8. The molecule has 0 unspecified atom stereocenters. The van der Waals surface area contributed by atoms with Crippen molar-refractivity contribution >= 4 is 48.8 Å². The number of halogens is 3. The Balaban J connectivity index is 1.80. The minimum absolute atomic E-state index is 0.0217. The molecule has 0 fully saturated rings. The third-order valence-electron chi connectivity index (χ3n) is 8.03. The molecule has 1 aliphatic heterocycles. The molecular formula is C35H39F3N4O9S2. The van der Waals surface area contributed by atoms with Gasteiger partial charge in [-0.15, -0.1) is 0 Å². The number of esters is 1. The third-order valence-corrected chi connectivity index (χ3v) is 11.1. The topological polar surface area (TPSA) is 166 Å². The van der Waals surface area contributed by atoms with E-state index in [1.165, 1.54) is 25.1 Å². The first kappa shape index (κ1) is 40.8. The van der Waals surface area contributed by atoms with Crippen molar-refractivity contribution in [1.82, 2.24) is 9.89 Å². The van der Waals surface area contributed by atoms with E-state index in [-0.39, 0.29) is 48.8 Å². The minimum Gasteiger partial charge on any atom is -0.460 e. The summed E-state index contributed by atoms with van der Waals surface area (Å²) in [5.41, 5.74) is -4.06. The fourth-order valence-electron chi connectivity index (χ4n) is 5.44. The fraction of sp³-hybridized carbons (Fsp3) is 0.343. The maximum atomic E-state index is 13.3. The highest BCUT2D eigenvalue weighted by atomic mass is 32.3. The predicted octanol–water partition coefficient (Wildman–Crippen LogP) is 5.60. The van der Waals surface area contributed by atoms with Gasteiger partial charge in [-0.05, 0) is 52.0 Å². The molecule has 0 saturated carbocycles. The number of ether oxygens (including phenoxy) is 2. The van der Waals surface area contributed by atoms with E-state index < -0.39 is 42.5 Å². The van der Waals surface area contributed by atoms with Gasteiger partial charge in [-0.25, -0.2) is 31.0 Å². The molecule has 13 nitrogen and oxygen atoms in total. The average molecular weight is 781 g/mol. The smallest absolute Gasteiger partial charge is 0.460 e. The molecular weight excluding hydrogens is 742 g/mol. The fourth-order valence-corrected chi connectivity index (χ4v) is 7.83. The number of hydrogen-bond donors (Lipinski definition) is 1. The van der Waals surface area contributed by atoms with Crippen molar-refractivity contribution in [3.8, 4) is 22.5 Å². The molecule has 286 valence electrons. The summed E-state index contributed by atoms with van der Waals surface area (Å²) < 4.78 is 111. The summed E-state index contributed by atoms with van der Waals surface area (Å²) in [4.78, 5) is 25.0. The molecule has 0 bridgehead atoms. The molecule has 1 aliphatic carbocycles. The zero-order chi connectivity index (χ0) is 39.1. The number of benzene rings is 3. The number of nitrogens with zero attached hydrogens (tertiary/aromatic N) is 3. The second-order valence-corrected chi connectivity index (χ2v) is 14.9. The molecule has 1 heterocycles. The highest BCUT2D eigenvalue weighted by Crippen LogP contribution is 2.44. The maximum absolute atomic E-state index is 13.3. The van der Waals surface area contributed by atoms with Crippen LogP contribution in [-0.4, -0.2) is 80.3 Å². The van der Waals surface area contributed by atoms with Gasteiger partial charge in [0.1, 0.15) is 34.5 Å². The molecule has 1 amide bonds. The van der Waals surface area contributed by atoms with Gasteiger partial charge in [-0.3, -0.25) is 0 Å². The highest BCUT2D eigenvalue weighted by Gasteiger charge is 2.41. The molecule has 4 rings (SSSR count). The number of carbonyl (C=O) groups excluding carboxylic acids is 2. The van der Waals surface area contributed by atoms with Crippen molar-refractivity contribution in [3.63, 3.8) is 0 Å². The number of sulfonamides is 2. The Morgan fingerprint density at radius 3 is 2.28 bits per heavy atom. The Kier molecular flexibility index (Phi) is 13.0. The highest BCUT2D eigenvalue weighted by molar-refractivity contribution is 8.12. The van der Waals surface area contributed by atoms with Crippen LogP contribution in [0, 0.1) is 0 Å². The number of rotatable bonds is 15. The maximum Gasteiger partial charge on any atom is 0.480 e. The lowest BCUT2D eigenvalue weighted by Crippen LogP contribution is -2.35. The molecule has 2 aliphatic rings. The minimum atomic E-state index is -6.40. The van der Waals surface area contributed by atoms with Gasteiger partial charge in [0.15, 0.2) is 23.2 Å². The summed E-state index contributed by atoms with van der Waals surface area (Å²) in [7, 11) is -11.8. The molecule has 0 radical (unpaired) electrons. The number of likely N-dealkylation sites (N-methyl/N-ethyl adjacent to an activating group) is 1. The van der Waals surface area contributed by atoms with Crippen LogP contribution in [0.25, 0.3) is 37.5 Å². The molecule has 2 aromatic carbocycles. The first-order valence-electron chi connectivity index (χ1n) is 16.4. The van der Waals surface area contributed by atoms with Gasteiger partial charge in [0.2, 0.25) is 5.36 Å². The number of nitrogens with one attached hydrogen (secondary N) is 1. The van der Waals surface area contributed by atoms with Gasteiger partial charge < -0.3 is 28.2 Å². The van der Waals surface area contributed by atoms with E-state index >= 15 is 0 Å². The van der Waals surface area contributed by atoms with E-state index in [0.717, 1.165) is 11.8 Å². The van der Waals surface area contributed by atoms with Crippen LogP contribution in [-0.2, 0) is 34.3 Å². The number of anilines is 1. The predicted molar refractivity (Wildman–Crippen MR) is 193 cm³/mol. The number of hydrogen-bond acceptors (Lipinski definition) is 10. The average Bonchev–Trinajstić information content (AvgIpc) is 3.10. The first-order valence-corrected chi connectivity index (χ1v) is 19.3.